The molecule has 0 unspecified atom stereocenters. The number of amides is 1. The third-order valence-corrected chi connectivity index (χ3v) is 5.21. The van der Waals surface area contributed by atoms with Gasteiger partial charge in [-0.1, -0.05) is 6.07 Å². The number of aromatic nitrogens is 2. The van der Waals surface area contributed by atoms with Gasteiger partial charge in [0.1, 0.15) is 0 Å². The Bertz CT molecular complexity index is 581. The Balaban J connectivity index is 1.51. The second-order valence-corrected chi connectivity index (χ2v) is 6.78. The van der Waals surface area contributed by atoms with Crippen molar-refractivity contribution in [3.05, 3.63) is 40.8 Å². The van der Waals surface area contributed by atoms with E-state index in [2.05, 4.69) is 21.4 Å². The van der Waals surface area contributed by atoms with E-state index in [1.807, 2.05) is 35.3 Å². The summed E-state index contributed by atoms with van der Waals surface area (Å²) in [5.74, 6) is 0.105. The van der Waals surface area contributed by atoms with Gasteiger partial charge in [0.05, 0.1) is 19.1 Å². The third-order valence-electron chi connectivity index (χ3n) is 4.15. The van der Waals surface area contributed by atoms with Gasteiger partial charge in [-0.2, -0.15) is 5.10 Å². The Morgan fingerprint density at radius 1 is 1.55 bits per heavy atom. The van der Waals surface area contributed by atoms with Crippen LogP contribution in [0.5, 0.6) is 0 Å². The number of carbonyl (C=O) groups excluding carboxylic acids is 1. The first kappa shape index (κ1) is 15.2. The van der Waals surface area contributed by atoms with Crippen molar-refractivity contribution in [1.29, 1.82) is 0 Å². The molecule has 1 aliphatic rings. The predicted molar refractivity (Wildman–Crippen MR) is 87.7 cm³/mol. The first-order chi connectivity index (χ1) is 10.7. The van der Waals surface area contributed by atoms with Gasteiger partial charge in [-0.05, 0) is 43.8 Å². The monoisotopic (exact) mass is 318 g/mol. The first-order valence-corrected chi connectivity index (χ1v) is 8.64. The zero-order valence-corrected chi connectivity index (χ0v) is 13.6. The molecule has 0 radical (unpaired) electrons. The van der Waals surface area contributed by atoms with E-state index in [0.717, 1.165) is 25.9 Å². The van der Waals surface area contributed by atoms with Gasteiger partial charge in [0.25, 0.3) is 0 Å². The Kier molecular flexibility index (Phi) is 4.90. The fourth-order valence-corrected chi connectivity index (χ4v) is 3.75. The second-order valence-electron chi connectivity index (χ2n) is 5.80. The van der Waals surface area contributed by atoms with Crippen LogP contribution in [0.1, 0.15) is 30.7 Å². The maximum atomic E-state index is 12.3. The lowest BCUT2D eigenvalue weighted by atomic mass is 10.2. The Labute approximate surface area is 134 Å². The molecule has 22 heavy (non-hydrogen) atoms. The summed E-state index contributed by atoms with van der Waals surface area (Å²) in [6.07, 6.45) is 6.07. The van der Waals surface area contributed by atoms with Crippen molar-refractivity contribution in [1.82, 2.24) is 20.0 Å². The van der Waals surface area contributed by atoms with Crippen LogP contribution in [0.2, 0.25) is 0 Å². The van der Waals surface area contributed by atoms with E-state index in [4.69, 9.17) is 0 Å². The van der Waals surface area contributed by atoms with Crippen molar-refractivity contribution in [3.63, 3.8) is 0 Å². The number of hydrogen-bond donors (Lipinski definition) is 1. The SMILES string of the molecule is C[C@@H](NC(=O)CN1CCC[C@H]1Cn1cccn1)c1cccs1. The largest absolute Gasteiger partial charge is 0.348 e. The molecule has 118 valence electrons. The molecule has 5 nitrogen and oxygen atoms in total. The van der Waals surface area contributed by atoms with Gasteiger partial charge < -0.3 is 5.32 Å². The van der Waals surface area contributed by atoms with Gasteiger partial charge in [-0.25, -0.2) is 0 Å². The standard InChI is InChI=1S/C16H22N4OS/c1-13(15-6-3-10-22-15)18-16(21)12-19-8-2-5-14(19)11-20-9-4-7-17-20/h3-4,6-7,9-10,13-14H,2,5,8,11-12H2,1H3,(H,18,21)/t13-,14+/m1/s1. The normalized spacial score (nSPS) is 20.1. The van der Waals surface area contributed by atoms with Crippen molar-refractivity contribution >= 4 is 17.2 Å². The molecule has 0 saturated carbocycles. The molecule has 1 N–H and O–H groups in total. The number of likely N-dealkylation sites (tertiary alicyclic amines) is 1. The Morgan fingerprint density at radius 2 is 2.45 bits per heavy atom. The van der Waals surface area contributed by atoms with E-state index >= 15 is 0 Å². The molecular weight excluding hydrogens is 296 g/mol. The second kappa shape index (κ2) is 7.07. The highest BCUT2D eigenvalue weighted by Crippen LogP contribution is 2.20. The molecular formula is C16H22N4OS. The molecule has 1 amide bonds. The van der Waals surface area contributed by atoms with Gasteiger partial charge in [0, 0.05) is 23.3 Å². The summed E-state index contributed by atoms with van der Waals surface area (Å²) in [6.45, 7) is 4.37. The number of nitrogens with one attached hydrogen (secondary N) is 1. The minimum Gasteiger partial charge on any atom is -0.348 e. The molecule has 0 spiro atoms. The zero-order chi connectivity index (χ0) is 15.4. The first-order valence-electron chi connectivity index (χ1n) is 7.76. The van der Waals surface area contributed by atoms with E-state index < -0.39 is 0 Å². The summed E-state index contributed by atoms with van der Waals surface area (Å²) in [5.41, 5.74) is 0. The molecule has 2 aromatic rings. The summed E-state index contributed by atoms with van der Waals surface area (Å²) < 4.78 is 1.95. The molecule has 1 saturated heterocycles. The fourth-order valence-electron chi connectivity index (χ4n) is 3.01. The van der Waals surface area contributed by atoms with Gasteiger partial charge in [-0.3, -0.25) is 14.4 Å². The van der Waals surface area contributed by atoms with Gasteiger partial charge >= 0.3 is 0 Å². The number of thiophene rings is 1. The van der Waals surface area contributed by atoms with Crippen LogP contribution in [0.25, 0.3) is 0 Å². The average molecular weight is 318 g/mol. The van der Waals surface area contributed by atoms with Crippen LogP contribution < -0.4 is 5.32 Å². The molecule has 2 atom stereocenters. The van der Waals surface area contributed by atoms with E-state index in [-0.39, 0.29) is 11.9 Å². The van der Waals surface area contributed by atoms with Crippen molar-refractivity contribution in [2.75, 3.05) is 13.1 Å². The summed E-state index contributed by atoms with van der Waals surface area (Å²) in [5, 5.41) is 9.40. The van der Waals surface area contributed by atoms with Crippen molar-refractivity contribution < 1.29 is 4.79 Å². The van der Waals surface area contributed by atoms with Crippen LogP contribution in [0.4, 0.5) is 0 Å². The molecule has 2 aromatic heterocycles. The van der Waals surface area contributed by atoms with Crippen LogP contribution in [0.15, 0.2) is 36.0 Å². The minimum absolute atomic E-state index is 0.0830. The molecule has 0 aliphatic carbocycles. The third kappa shape index (κ3) is 3.75. The summed E-state index contributed by atoms with van der Waals surface area (Å²) in [4.78, 5) is 15.8. The van der Waals surface area contributed by atoms with Gasteiger partial charge in [-0.15, -0.1) is 11.3 Å². The molecule has 0 aromatic carbocycles. The molecule has 0 bridgehead atoms. The molecule has 1 fully saturated rings. The minimum atomic E-state index is 0.0830. The summed E-state index contributed by atoms with van der Waals surface area (Å²) in [7, 11) is 0. The van der Waals surface area contributed by atoms with Crippen LogP contribution in [0, 0.1) is 0 Å². The number of hydrogen-bond acceptors (Lipinski definition) is 4. The molecule has 6 heteroatoms. The van der Waals surface area contributed by atoms with E-state index in [1.165, 1.54) is 4.88 Å². The molecule has 3 rings (SSSR count). The van der Waals surface area contributed by atoms with Crippen LogP contribution in [0.3, 0.4) is 0 Å². The predicted octanol–water partition coefficient (Wildman–Crippen LogP) is 2.29. The molecule has 1 aliphatic heterocycles. The number of carbonyl (C=O) groups is 1. The number of rotatable bonds is 6. The van der Waals surface area contributed by atoms with Crippen molar-refractivity contribution in [2.45, 2.75) is 38.4 Å². The average Bonchev–Trinajstić information content (AvgIpc) is 3.22. The maximum absolute atomic E-state index is 12.3. The van der Waals surface area contributed by atoms with E-state index in [1.54, 1.807) is 17.5 Å². The van der Waals surface area contributed by atoms with E-state index in [0.29, 0.717) is 12.6 Å². The highest BCUT2D eigenvalue weighted by molar-refractivity contribution is 7.10. The van der Waals surface area contributed by atoms with Crippen LogP contribution >= 0.6 is 11.3 Å². The quantitative estimate of drug-likeness (QED) is 0.889. The lowest BCUT2D eigenvalue weighted by molar-refractivity contribution is -0.123. The fraction of sp³-hybridized carbons (Fsp3) is 0.500. The smallest absolute Gasteiger partial charge is 0.234 e. The topological polar surface area (TPSA) is 50.2 Å². The van der Waals surface area contributed by atoms with Crippen LogP contribution in [-0.2, 0) is 11.3 Å². The Hall–Kier alpha value is -1.66. The maximum Gasteiger partial charge on any atom is 0.234 e. The van der Waals surface area contributed by atoms with Gasteiger partial charge in [0.2, 0.25) is 5.91 Å². The lowest BCUT2D eigenvalue weighted by Gasteiger charge is -2.24. The number of nitrogens with zero attached hydrogens (tertiary/aromatic N) is 3. The summed E-state index contributed by atoms with van der Waals surface area (Å²) in [6, 6.07) is 6.51. The highest BCUT2D eigenvalue weighted by atomic mass is 32.1. The summed E-state index contributed by atoms with van der Waals surface area (Å²) >= 11 is 1.68. The van der Waals surface area contributed by atoms with Crippen molar-refractivity contribution in [3.8, 4) is 0 Å². The highest BCUT2D eigenvalue weighted by Gasteiger charge is 2.27. The van der Waals surface area contributed by atoms with Gasteiger partial charge in [0.15, 0.2) is 0 Å². The van der Waals surface area contributed by atoms with Crippen molar-refractivity contribution in [2.24, 2.45) is 0 Å². The van der Waals surface area contributed by atoms with Crippen LogP contribution in [-0.4, -0.2) is 39.7 Å². The zero-order valence-electron chi connectivity index (χ0n) is 12.8. The lowest BCUT2D eigenvalue weighted by Crippen LogP contribution is -2.41. The molecule has 3 heterocycles. The Morgan fingerprint density at radius 3 is 3.18 bits per heavy atom. The van der Waals surface area contributed by atoms with E-state index in [9.17, 15) is 4.79 Å².